The Morgan fingerprint density at radius 1 is 1.29 bits per heavy atom. The molecule has 0 aliphatic heterocycles. The summed E-state index contributed by atoms with van der Waals surface area (Å²) in [6, 6.07) is 3.68. The van der Waals surface area contributed by atoms with Crippen molar-refractivity contribution in [3.63, 3.8) is 0 Å². The molecular formula is C13H16F3N5. The molecule has 0 bridgehead atoms. The van der Waals surface area contributed by atoms with Gasteiger partial charge in [0.2, 0.25) is 0 Å². The molecule has 1 aromatic carbocycles. The number of anilines is 1. The highest BCUT2D eigenvalue weighted by Crippen LogP contribution is 2.34. The van der Waals surface area contributed by atoms with E-state index in [0.717, 1.165) is 6.07 Å². The van der Waals surface area contributed by atoms with Gasteiger partial charge >= 0.3 is 6.18 Å². The maximum absolute atomic E-state index is 12.8. The van der Waals surface area contributed by atoms with Gasteiger partial charge in [0, 0.05) is 5.69 Å². The van der Waals surface area contributed by atoms with E-state index in [4.69, 9.17) is 0 Å². The Hall–Kier alpha value is -2.12. The molecule has 5 nitrogen and oxygen atoms in total. The SMILES string of the molecule is CC(C)c1cc(C(F)(F)F)ccc1NCc1nnn(C)n1. The van der Waals surface area contributed by atoms with Gasteiger partial charge in [0.25, 0.3) is 0 Å². The standard InChI is InChI=1S/C13H16F3N5/c1-8(2)10-6-9(13(14,15)16)4-5-11(10)17-7-12-18-20-21(3)19-12/h4-6,8,17H,7H2,1-3H3. The Balaban J connectivity index is 2.22. The van der Waals surface area contributed by atoms with Gasteiger partial charge in [-0.15, -0.1) is 10.2 Å². The zero-order chi connectivity index (χ0) is 15.6. The zero-order valence-electron chi connectivity index (χ0n) is 11.9. The van der Waals surface area contributed by atoms with Crippen LogP contribution in [0.2, 0.25) is 0 Å². The lowest BCUT2D eigenvalue weighted by molar-refractivity contribution is -0.137. The summed E-state index contributed by atoms with van der Waals surface area (Å²) in [4.78, 5) is 1.33. The molecule has 0 saturated heterocycles. The molecule has 0 amide bonds. The van der Waals surface area contributed by atoms with Gasteiger partial charge in [0.15, 0.2) is 5.82 Å². The highest BCUT2D eigenvalue weighted by Gasteiger charge is 2.31. The normalized spacial score (nSPS) is 12.0. The summed E-state index contributed by atoms with van der Waals surface area (Å²) in [7, 11) is 1.65. The van der Waals surface area contributed by atoms with Gasteiger partial charge in [-0.25, -0.2) is 0 Å². The van der Waals surface area contributed by atoms with E-state index in [2.05, 4.69) is 20.7 Å². The van der Waals surface area contributed by atoms with Crippen LogP contribution in [0.3, 0.4) is 0 Å². The van der Waals surface area contributed by atoms with Gasteiger partial charge in [0.1, 0.15) is 0 Å². The number of tetrazole rings is 1. The first-order chi connectivity index (χ1) is 9.77. The van der Waals surface area contributed by atoms with E-state index in [1.54, 1.807) is 7.05 Å². The van der Waals surface area contributed by atoms with Crippen LogP contribution in [0.25, 0.3) is 0 Å². The van der Waals surface area contributed by atoms with Gasteiger partial charge in [-0.1, -0.05) is 13.8 Å². The molecule has 1 N–H and O–H groups in total. The number of nitrogens with zero attached hydrogens (tertiary/aromatic N) is 4. The third kappa shape index (κ3) is 3.71. The maximum atomic E-state index is 12.8. The van der Waals surface area contributed by atoms with Crippen molar-refractivity contribution >= 4 is 5.69 Å². The molecule has 21 heavy (non-hydrogen) atoms. The van der Waals surface area contributed by atoms with Crippen molar-refractivity contribution in [1.82, 2.24) is 20.2 Å². The van der Waals surface area contributed by atoms with Crippen LogP contribution < -0.4 is 5.32 Å². The van der Waals surface area contributed by atoms with Crippen LogP contribution in [-0.4, -0.2) is 20.2 Å². The van der Waals surface area contributed by atoms with Gasteiger partial charge in [0.05, 0.1) is 19.2 Å². The number of benzene rings is 1. The van der Waals surface area contributed by atoms with Gasteiger partial charge < -0.3 is 5.32 Å². The Morgan fingerprint density at radius 2 is 2.00 bits per heavy atom. The molecule has 0 saturated carbocycles. The number of nitrogens with one attached hydrogen (secondary N) is 1. The predicted octanol–water partition coefficient (Wildman–Crippen LogP) is 2.96. The highest BCUT2D eigenvalue weighted by molar-refractivity contribution is 5.54. The van der Waals surface area contributed by atoms with E-state index in [9.17, 15) is 13.2 Å². The molecule has 0 unspecified atom stereocenters. The van der Waals surface area contributed by atoms with E-state index in [1.165, 1.54) is 16.9 Å². The fraction of sp³-hybridized carbons (Fsp3) is 0.462. The fourth-order valence-corrected chi connectivity index (χ4v) is 1.95. The number of hydrogen-bond acceptors (Lipinski definition) is 4. The molecule has 2 rings (SSSR count). The van der Waals surface area contributed by atoms with Crippen molar-refractivity contribution in [3.8, 4) is 0 Å². The van der Waals surface area contributed by atoms with Crippen LogP contribution in [0.4, 0.5) is 18.9 Å². The molecule has 114 valence electrons. The minimum Gasteiger partial charge on any atom is -0.377 e. The Labute approximate surface area is 120 Å². The second-order valence-electron chi connectivity index (χ2n) is 5.00. The van der Waals surface area contributed by atoms with Crippen molar-refractivity contribution in [3.05, 3.63) is 35.2 Å². The quantitative estimate of drug-likeness (QED) is 0.943. The Kier molecular flexibility index (Phi) is 4.15. The number of rotatable bonds is 4. The summed E-state index contributed by atoms with van der Waals surface area (Å²) in [6.45, 7) is 4.00. The zero-order valence-corrected chi connectivity index (χ0v) is 11.9. The van der Waals surface area contributed by atoms with Crippen LogP contribution in [0.5, 0.6) is 0 Å². The first-order valence-electron chi connectivity index (χ1n) is 6.45. The Bertz CT molecular complexity index is 619. The number of aromatic nitrogens is 4. The molecule has 0 aliphatic carbocycles. The maximum Gasteiger partial charge on any atom is 0.416 e. The summed E-state index contributed by atoms with van der Waals surface area (Å²) in [5.41, 5.74) is 0.605. The van der Waals surface area contributed by atoms with Crippen LogP contribution in [0.15, 0.2) is 18.2 Å². The number of hydrogen-bond donors (Lipinski definition) is 1. The first kappa shape index (κ1) is 15.3. The summed E-state index contributed by atoms with van der Waals surface area (Å²) in [6.07, 6.45) is -4.34. The molecule has 1 heterocycles. The van der Waals surface area contributed by atoms with Crippen molar-refractivity contribution < 1.29 is 13.2 Å². The molecule has 0 radical (unpaired) electrons. The van der Waals surface area contributed by atoms with E-state index >= 15 is 0 Å². The highest BCUT2D eigenvalue weighted by atomic mass is 19.4. The lowest BCUT2D eigenvalue weighted by Crippen LogP contribution is -2.09. The summed E-state index contributed by atoms with van der Waals surface area (Å²) < 4.78 is 38.3. The lowest BCUT2D eigenvalue weighted by Gasteiger charge is -2.16. The van der Waals surface area contributed by atoms with E-state index < -0.39 is 11.7 Å². The lowest BCUT2D eigenvalue weighted by atomic mass is 9.98. The molecule has 0 fully saturated rings. The number of alkyl halides is 3. The van der Waals surface area contributed by atoms with E-state index in [1.807, 2.05) is 13.8 Å². The summed E-state index contributed by atoms with van der Waals surface area (Å²) in [5, 5.41) is 14.6. The van der Waals surface area contributed by atoms with Crippen molar-refractivity contribution in [2.45, 2.75) is 32.5 Å². The molecule has 0 atom stereocenters. The largest absolute Gasteiger partial charge is 0.416 e. The second kappa shape index (κ2) is 5.71. The molecule has 0 spiro atoms. The second-order valence-corrected chi connectivity index (χ2v) is 5.00. The van der Waals surface area contributed by atoms with Gasteiger partial charge in [-0.2, -0.15) is 18.0 Å². The van der Waals surface area contributed by atoms with Crippen molar-refractivity contribution in [2.75, 3.05) is 5.32 Å². The van der Waals surface area contributed by atoms with Gasteiger partial charge in [-0.05, 0) is 34.9 Å². The Morgan fingerprint density at radius 3 is 2.52 bits per heavy atom. The van der Waals surface area contributed by atoms with Crippen LogP contribution in [0, 0.1) is 0 Å². The molecule has 1 aromatic heterocycles. The molecule has 0 aliphatic rings. The molecule has 2 aromatic rings. The summed E-state index contributed by atoms with van der Waals surface area (Å²) in [5.74, 6) is 0.441. The average molecular weight is 299 g/mol. The minimum atomic E-state index is -4.34. The number of halogens is 3. The summed E-state index contributed by atoms with van der Waals surface area (Å²) >= 11 is 0. The van der Waals surface area contributed by atoms with Crippen LogP contribution in [-0.2, 0) is 19.8 Å². The van der Waals surface area contributed by atoms with Crippen molar-refractivity contribution in [2.24, 2.45) is 7.05 Å². The van der Waals surface area contributed by atoms with Crippen LogP contribution >= 0.6 is 0 Å². The monoisotopic (exact) mass is 299 g/mol. The fourth-order valence-electron chi connectivity index (χ4n) is 1.95. The number of aryl methyl sites for hydroxylation is 1. The minimum absolute atomic E-state index is 0.0374. The van der Waals surface area contributed by atoms with E-state index in [0.29, 0.717) is 23.6 Å². The van der Waals surface area contributed by atoms with E-state index in [-0.39, 0.29) is 5.92 Å². The smallest absolute Gasteiger partial charge is 0.377 e. The topological polar surface area (TPSA) is 55.6 Å². The average Bonchev–Trinajstić information content (AvgIpc) is 2.80. The first-order valence-corrected chi connectivity index (χ1v) is 6.45. The van der Waals surface area contributed by atoms with Crippen LogP contribution in [0.1, 0.15) is 36.7 Å². The van der Waals surface area contributed by atoms with Crippen molar-refractivity contribution in [1.29, 1.82) is 0 Å². The molecular weight excluding hydrogens is 283 g/mol. The third-order valence-corrected chi connectivity index (χ3v) is 2.99. The molecule has 8 heteroatoms. The van der Waals surface area contributed by atoms with Gasteiger partial charge in [-0.3, -0.25) is 0 Å². The third-order valence-electron chi connectivity index (χ3n) is 2.99. The predicted molar refractivity (Wildman–Crippen MR) is 71.7 cm³/mol.